The summed E-state index contributed by atoms with van der Waals surface area (Å²) in [7, 11) is 0. The van der Waals surface area contributed by atoms with Crippen molar-refractivity contribution in [1.29, 1.82) is 0 Å². The number of rotatable bonds is 9. The van der Waals surface area contributed by atoms with Crippen LogP contribution in [0.5, 0.6) is 11.5 Å². The number of carbonyl (C=O) groups excluding carboxylic acids is 2. The van der Waals surface area contributed by atoms with E-state index in [1.807, 2.05) is 13.8 Å². The van der Waals surface area contributed by atoms with Crippen LogP contribution in [-0.2, 0) is 30.7 Å². The van der Waals surface area contributed by atoms with Gasteiger partial charge in [-0.1, -0.05) is 47.0 Å². The van der Waals surface area contributed by atoms with E-state index in [1.54, 1.807) is 48.5 Å². The topological polar surface area (TPSA) is 115 Å². The third-order valence-electron chi connectivity index (χ3n) is 6.14. The first-order valence-electron chi connectivity index (χ1n) is 11.6. The Morgan fingerprint density at radius 2 is 1.59 bits per heavy atom. The van der Waals surface area contributed by atoms with Crippen LogP contribution in [-0.4, -0.2) is 63.9 Å². The van der Waals surface area contributed by atoms with Crippen molar-refractivity contribution in [3.63, 3.8) is 0 Å². The Bertz CT molecular complexity index is 1260. The van der Waals surface area contributed by atoms with E-state index in [0.29, 0.717) is 4.90 Å². The number of ketones is 1. The van der Waals surface area contributed by atoms with E-state index in [0.717, 1.165) is 17.3 Å². The Kier molecular flexibility index (Phi) is 8.77. The smallest absolute Gasteiger partial charge is 0.416 e. The number of Topliss-reactive ketones (excluding diaryl/α,β-unsaturated/α-hetero) is 1. The molecule has 2 aromatic rings. The molecule has 14 heteroatoms. The summed E-state index contributed by atoms with van der Waals surface area (Å²) in [4.78, 5) is 24.8. The van der Waals surface area contributed by atoms with E-state index in [1.165, 1.54) is 0 Å². The normalized spacial score (nSPS) is 25.7. The van der Waals surface area contributed by atoms with Crippen molar-refractivity contribution >= 4 is 41.8 Å². The molecule has 210 valence electrons. The van der Waals surface area contributed by atoms with Crippen molar-refractivity contribution in [3.8, 4) is 11.5 Å². The van der Waals surface area contributed by atoms with Gasteiger partial charge in [0.05, 0.1) is 13.0 Å². The number of ether oxygens (including phenoxy) is 1. The SMILES string of the molecule is Cc1ccc(OP(=S)(OC[C@@]2(C(F)F)O[C@@H](N3C=C(Cl)C(=O)CC3=O)[C@@H](O)[C@@H]2O)Oc2ccc(C)cc2)cc1. The van der Waals surface area contributed by atoms with E-state index in [-0.39, 0.29) is 16.5 Å². The van der Waals surface area contributed by atoms with Gasteiger partial charge in [0.15, 0.2) is 17.6 Å². The van der Waals surface area contributed by atoms with Crippen molar-refractivity contribution in [2.24, 2.45) is 0 Å². The molecular formula is C25H25ClF2NO8PS. The first-order valence-corrected chi connectivity index (χ1v) is 14.6. The molecule has 2 heterocycles. The molecule has 2 aliphatic heterocycles. The summed E-state index contributed by atoms with van der Waals surface area (Å²) in [5.41, 5.74) is -0.986. The van der Waals surface area contributed by atoms with Gasteiger partial charge in [0.2, 0.25) is 5.91 Å². The van der Waals surface area contributed by atoms with Crippen LogP contribution < -0.4 is 9.05 Å². The van der Waals surface area contributed by atoms with Gasteiger partial charge in [0.25, 0.3) is 6.43 Å². The molecule has 0 bridgehead atoms. The summed E-state index contributed by atoms with van der Waals surface area (Å²) < 4.78 is 51.8. The van der Waals surface area contributed by atoms with Crippen molar-refractivity contribution in [2.45, 2.75) is 50.7 Å². The monoisotopic (exact) mass is 603 g/mol. The predicted octanol–water partition coefficient (Wildman–Crippen LogP) is 3.97. The number of hydrogen-bond acceptors (Lipinski definition) is 9. The molecular weight excluding hydrogens is 579 g/mol. The van der Waals surface area contributed by atoms with Crippen LogP contribution in [0.15, 0.2) is 59.8 Å². The fourth-order valence-corrected chi connectivity index (χ4v) is 6.00. The van der Waals surface area contributed by atoms with Crippen LogP contribution in [0.2, 0.25) is 0 Å². The minimum Gasteiger partial charge on any atom is -0.416 e. The van der Waals surface area contributed by atoms with Gasteiger partial charge in [0, 0.05) is 18.0 Å². The van der Waals surface area contributed by atoms with Crippen LogP contribution in [0.25, 0.3) is 0 Å². The minimum absolute atomic E-state index is 0.247. The van der Waals surface area contributed by atoms with E-state index < -0.39 is 61.9 Å². The average molecular weight is 604 g/mol. The summed E-state index contributed by atoms with van der Waals surface area (Å²) in [5, 5.41) is 21.0. The molecule has 1 saturated heterocycles. The third-order valence-corrected chi connectivity index (χ3v) is 8.53. The van der Waals surface area contributed by atoms with Crippen molar-refractivity contribution < 1.29 is 46.9 Å². The second-order valence-electron chi connectivity index (χ2n) is 9.11. The zero-order chi connectivity index (χ0) is 28.5. The van der Waals surface area contributed by atoms with Gasteiger partial charge in [-0.15, -0.1) is 0 Å². The Hall–Kier alpha value is -2.44. The number of aliphatic hydroxyl groups excluding tert-OH is 2. The molecule has 0 radical (unpaired) electrons. The molecule has 0 saturated carbocycles. The quantitative estimate of drug-likeness (QED) is 0.325. The van der Waals surface area contributed by atoms with Crippen LogP contribution >= 0.6 is 18.3 Å². The molecule has 9 nitrogen and oxygen atoms in total. The van der Waals surface area contributed by atoms with Gasteiger partial charge in [-0.2, -0.15) is 0 Å². The molecule has 0 spiro atoms. The van der Waals surface area contributed by atoms with Crippen LogP contribution in [0.3, 0.4) is 0 Å². The summed E-state index contributed by atoms with van der Waals surface area (Å²) >= 11 is 11.4. The predicted molar refractivity (Wildman–Crippen MR) is 140 cm³/mol. The Morgan fingerprint density at radius 1 is 1.08 bits per heavy atom. The van der Waals surface area contributed by atoms with Crippen LogP contribution in [0.1, 0.15) is 17.5 Å². The molecule has 4 atom stereocenters. The van der Waals surface area contributed by atoms with E-state index in [2.05, 4.69) is 0 Å². The standard InChI is InChI=1S/C25H25ClF2NO8PS/c1-14-3-7-16(8-4-14)36-38(39,37-17-9-5-15(2)6-10-17)34-13-25(24(27)28)22(33)21(32)23(35-25)29-12-18(26)19(30)11-20(29)31/h3-10,12,21-24,32-33H,11,13H2,1-2H3/t21-,22-,23+,25+/m0/s1. The fourth-order valence-electron chi connectivity index (χ4n) is 3.90. The summed E-state index contributed by atoms with van der Waals surface area (Å²) in [6.07, 6.45) is -9.25. The van der Waals surface area contributed by atoms with Crippen molar-refractivity contribution in [1.82, 2.24) is 4.90 Å². The highest BCUT2D eigenvalue weighted by Gasteiger charge is 2.62. The van der Waals surface area contributed by atoms with E-state index in [9.17, 15) is 28.6 Å². The number of hydrogen-bond donors (Lipinski definition) is 2. The zero-order valence-electron chi connectivity index (χ0n) is 20.7. The second-order valence-corrected chi connectivity index (χ2v) is 12.4. The molecule has 2 N–H and O–H groups in total. The number of halogens is 3. The number of aryl methyl sites for hydroxylation is 2. The molecule has 39 heavy (non-hydrogen) atoms. The number of carbonyl (C=O) groups is 2. The maximum absolute atomic E-state index is 14.5. The number of allylic oxidation sites excluding steroid dienone is 1. The maximum Gasteiger partial charge on any atom is 0.435 e. The number of nitrogens with zero attached hydrogens (tertiary/aromatic N) is 1. The Morgan fingerprint density at radius 3 is 2.08 bits per heavy atom. The highest BCUT2D eigenvalue weighted by molar-refractivity contribution is 8.07. The zero-order valence-corrected chi connectivity index (χ0v) is 23.2. The number of alkyl halides is 2. The lowest BCUT2D eigenvalue weighted by Crippen LogP contribution is -2.52. The van der Waals surface area contributed by atoms with Crippen LogP contribution in [0.4, 0.5) is 8.78 Å². The first-order chi connectivity index (χ1) is 18.3. The van der Waals surface area contributed by atoms with E-state index in [4.69, 9.17) is 41.7 Å². The maximum atomic E-state index is 14.5. The molecule has 0 unspecified atom stereocenters. The van der Waals surface area contributed by atoms with Gasteiger partial charge < -0.3 is 24.0 Å². The van der Waals surface area contributed by atoms with Gasteiger partial charge in [-0.05, 0) is 38.1 Å². The van der Waals surface area contributed by atoms with Crippen LogP contribution in [0, 0.1) is 13.8 Å². The van der Waals surface area contributed by atoms with Crippen molar-refractivity contribution in [3.05, 3.63) is 70.9 Å². The Balaban J connectivity index is 1.62. The lowest BCUT2D eigenvalue weighted by Gasteiger charge is -2.34. The first kappa shape index (κ1) is 29.5. The summed E-state index contributed by atoms with van der Waals surface area (Å²) in [6, 6.07) is 13.4. The average Bonchev–Trinajstić information content (AvgIpc) is 3.14. The molecule has 0 aromatic heterocycles. The molecule has 0 aliphatic carbocycles. The minimum atomic E-state index is -3.89. The third kappa shape index (κ3) is 6.33. The molecule has 4 rings (SSSR count). The number of aliphatic hydroxyl groups is 2. The van der Waals surface area contributed by atoms with Crippen molar-refractivity contribution in [2.75, 3.05) is 6.61 Å². The summed E-state index contributed by atoms with van der Waals surface area (Å²) in [5.74, 6) is -1.05. The van der Waals surface area contributed by atoms with Gasteiger partial charge in [0.1, 0.15) is 28.7 Å². The lowest BCUT2D eigenvalue weighted by atomic mass is 9.96. The number of benzene rings is 2. The Labute approximate surface area is 233 Å². The van der Waals surface area contributed by atoms with Gasteiger partial charge in [-0.25, -0.2) is 8.78 Å². The number of amides is 1. The molecule has 1 amide bonds. The molecule has 2 aliphatic rings. The van der Waals surface area contributed by atoms with Gasteiger partial charge >= 0.3 is 6.72 Å². The largest absolute Gasteiger partial charge is 0.435 e. The molecule has 2 aromatic carbocycles. The summed E-state index contributed by atoms with van der Waals surface area (Å²) in [6.45, 7) is -1.25. The highest BCUT2D eigenvalue weighted by Crippen LogP contribution is 2.52. The second kappa shape index (κ2) is 11.6. The lowest BCUT2D eigenvalue weighted by molar-refractivity contribution is -0.199. The van der Waals surface area contributed by atoms with Gasteiger partial charge in [-0.3, -0.25) is 19.0 Å². The highest BCUT2D eigenvalue weighted by atomic mass is 35.5. The van der Waals surface area contributed by atoms with E-state index >= 15 is 0 Å². The molecule has 1 fully saturated rings. The fraction of sp³-hybridized carbons (Fsp3) is 0.360.